The summed E-state index contributed by atoms with van der Waals surface area (Å²) in [6.07, 6.45) is -2.97. The molecule has 2 unspecified atom stereocenters. The van der Waals surface area contributed by atoms with Crippen molar-refractivity contribution in [2.45, 2.75) is 19.1 Å². The molecular weight excluding hydrogens is 124 g/mol. The monoisotopic (exact) mass is 133 g/mol. The molecule has 0 amide bonds. The summed E-state index contributed by atoms with van der Waals surface area (Å²) in [5.74, 6) is -0.576. The van der Waals surface area contributed by atoms with E-state index in [1.165, 1.54) is 0 Å². The summed E-state index contributed by atoms with van der Waals surface area (Å²) in [6, 6.07) is 0. The van der Waals surface area contributed by atoms with E-state index < -0.39 is 18.0 Å². The Hall–Kier alpha value is -0.450. The van der Waals surface area contributed by atoms with Gasteiger partial charge in [0.2, 0.25) is 0 Å². The summed E-state index contributed by atoms with van der Waals surface area (Å²) in [7, 11) is 0. The van der Waals surface area contributed by atoms with Gasteiger partial charge >= 0.3 is 0 Å². The number of carbonyl (C=O) groups excluding carboxylic acids is 1. The molecule has 0 saturated carbocycles. The van der Waals surface area contributed by atoms with Crippen molar-refractivity contribution in [1.82, 2.24) is 0 Å². The van der Waals surface area contributed by atoms with Crippen LogP contribution in [0.3, 0.4) is 0 Å². The maximum Gasteiger partial charge on any atom is 0.160 e. The molecule has 0 aliphatic carbocycles. The number of hydrogen-bond donors (Lipinski definition) is 3. The van der Waals surface area contributed by atoms with Crippen LogP contribution in [0.2, 0.25) is 0 Å². The predicted molar refractivity (Wildman–Crippen MR) is 28.9 cm³/mol. The van der Waals surface area contributed by atoms with Crippen molar-refractivity contribution in [2.24, 2.45) is 0 Å². The molecule has 0 aromatic rings. The van der Waals surface area contributed by atoms with Gasteiger partial charge in [-0.25, -0.2) is 0 Å². The molecule has 53 valence electrons. The second-order valence-electron chi connectivity index (χ2n) is 1.70. The van der Waals surface area contributed by atoms with Crippen molar-refractivity contribution in [1.29, 1.82) is 0 Å². The molecule has 3 N–H and O–H groups in total. The normalized spacial score (nSPS) is 16.9. The maximum absolute atomic E-state index is 10.2. The first-order chi connectivity index (χ1) is 4.09. The maximum atomic E-state index is 10.2. The molecule has 0 spiro atoms. The second-order valence-corrected chi connectivity index (χ2v) is 1.70. The average Bonchev–Trinajstić information content (AvgIpc) is 1.84. The largest absolute Gasteiger partial charge is 0.387 e. The van der Waals surface area contributed by atoms with Crippen LogP contribution in [0.15, 0.2) is 0 Å². The van der Waals surface area contributed by atoms with E-state index in [4.69, 9.17) is 15.3 Å². The molecule has 0 rings (SSSR count). The zero-order chi connectivity index (χ0) is 7.44. The Labute approximate surface area is 52.7 Å². The van der Waals surface area contributed by atoms with Gasteiger partial charge in [0.05, 0.1) is 0 Å². The van der Waals surface area contributed by atoms with Gasteiger partial charge < -0.3 is 15.3 Å². The number of ketones is 1. The third kappa shape index (κ3) is 2.55. The molecular formula is C5H9O4. The summed E-state index contributed by atoms with van der Waals surface area (Å²) >= 11 is 0. The molecule has 0 heterocycles. The lowest BCUT2D eigenvalue weighted by Gasteiger charge is -2.10. The van der Waals surface area contributed by atoms with Crippen LogP contribution in [0.1, 0.15) is 6.92 Å². The van der Waals surface area contributed by atoms with Crippen molar-refractivity contribution in [2.75, 3.05) is 0 Å². The first kappa shape index (κ1) is 8.55. The van der Waals surface area contributed by atoms with Gasteiger partial charge in [0.1, 0.15) is 18.8 Å². The molecule has 0 aromatic carbocycles. The highest BCUT2D eigenvalue weighted by atomic mass is 16.4. The van der Waals surface area contributed by atoms with E-state index >= 15 is 0 Å². The van der Waals surface area contributed by atoms with Gasteiger partial charge in [-0.3, -0.25) is 4.79 Å². The fraction of sp³-hybridized carbons (Fsp3) is 0.600. The van der Waals surface area contributed by atoms with E-state index in [0.717, 1.165) is 6.92 Å². The van der Waals surface area contributed by atoms with Gasteiger partial charge in [-0.2, -0.15) is 0 Å². The molecule has 0 aromatic heterocycles. The van der Waals surface area contributed by atoms with Gasteiger partial charge in [-0.1, -0.05) is 0 Å². The summed E-state index contributed by atoms with van der Waals surface area (Å²) in [5, 5.41) is 25.2. The van der Waals surface area contributed by atoms with Crippen LogP contribution in [0, 0.1) is 6.61 Å². The van der Waals surface area contributed by atoms with E-state index in [1.807, 2.05) is 0 Å². The number of carbonyl (C=O) groups is 1. The summed E-state index contributed by atoms with van der Waals surface area (Å²) in [5.41, 5.74) is 0. The van der Waals surface area contributed by atoms with E-state index in [-0.39, 0.29) is 0 Å². The third-order valence-corrected chi connectivity index (χ3v) is 0.893. The van der Waals surface area contributed by atoms with Crippen molar-refractivity contribution < 1.29 is 20.1 Å². The Balaban J connectivity index is 3.72. The molecule has 0 aliphatic heterocycles. The standard InChI is InChI=1S/C5H9O4/c1-3(7)5(9)4(8)2-6/h2,4-6,8-9H,1H3. The Morgan fingerprint density at radius 1 is 1.56 bits per heavy atom. The van der Waals surface area contributed by atoms with Gasteiger partial charge in [0, 0.05) is 0 Å². The average molecular weight is 133 g/mol. The van der Waals surface area contributed by atoms with Crippen LogP contribution in [-0.4, -0.2) is 33.3 Å². The second kappa shape index (κ2) is 3.55. The summed E-state index contributed by atoms with van der Waals surface area (Å²) < 4.78 is 0. The van der Waals surface area contributed by atoms with E-state index in [1.54, 1.807) is 0 Å². The lowest BCUT2D eigenvalue weighted by atomic mass is 10.1. The molecule has 0 saturated heterocycles. The number of aliphatic hydroxyl groups is 3. The minimum absolute atomic E-state index is 0.367. The Bertz CT molecular complexity index is 101. The molecule has 4 heteroatoms. The van der Waals surface area contributed by atoms with Gasteiger partial charge in [-0.15, -0.1) is 0 Å². The summed E-state index contributed by atoms with van der Waals surface area (Å²) in [4.78, 5) is 10.2. The lowest BCUT2D eigenvalue weighted by molar-refractivity contribution is -0.130. The smallest absolute Gasteiger partial charge is 0.160 e. The first-order valence-corrected chi connectivity index (χ1v) is 2.43. The zero-order valence-electron chi connectivity index (χ0n) is 4.98. The highest BCUT2D eigenvalue weighted by Crippen LogP contribution is 1.95. The number of aliphatic hydroxyl groups excluding tert-OH is 3. The van der Waals surface area contributed by atoms with Crippen LogP contribution in [-0.2, 0) is 4.79 Å². The van der Waals surface area contributed by atoms with Crippen LogP contribution in [0.4, 0.5) is 0 Å². The van der Waals surface area contributed by atoms with Crippen LogP contribution < -0.4 is 0 Å². The van der Waals surface area contributed by atoms with E-state index in [2.05, 4.69) is 0 Å². The Morgan fingerprint density at radius 2 is 2.00 bits per heavy atom. The van der Waals surface area contributed by atoms with E-state index in [9.17, 15) is 4.79 Å². The van der Waals surface area contributed by atoms with Crippen molar-refractivity contribution >= 4 is 5.78 Å². The molecule has 0 aliphatic rings. The van der Waals surface area contributed by atoms with E-state index in [0.29, 0.717) is 6.61 Å². The minimum Gasteiger partial charge on any atom is -0.387 e. The quantitative estimate of drug-likeness (QED) is 0.453. The highest BCUT2D eigenvalue weighted by molar-refractivity contribution is 5.80. The lowest BCUT2D eigenvalue weighted by Crippen LogP contribution is -2.32. The number of rotatable bonds is 3. The number of Topliss-reactive ketones (excluding diaryl/α,β-unsaturated/α-hetero) is 1. The Kier molecular flexibility index (Phi) is 3.37. The molecule has 0 bridgehead atoms. The van der Waals surface area contributed by atoms with Crippen LogP contribution >= 0.6 is 0 Å². The first-order valence-electron chi connectivity index (χ1n) is 2.43. The molecule has 0 fully saturated rings. The van der Waals surface area contributed by atoms with Gasteiger partial charge in [0.25, 0.3) is 0 Å². The molecule has 2 atom stereocenters. The molecule has 4 nitrogen and oxygen atoms in total. The van der Waals surface area contributed by atoms with Crippen LogP contribution in [0.25, 0.3) is 0 Å². The fourth-order valence-electron chi connectivity index (χ4n) is 0.322. The number of hydrogen-bond acceptors (Lipinski definition) is 4. The molecule has 1 radical (unpaired) electrons. The van der Waals surface area contributed by atoms with Gasteiger partial charge in [0.15, 0.2) is 5.78 Å². The van der Waals surface area contributed by atoms with Crippen molar-refractivity contribution in [3.8, 4) is 0 Å². The SMILES string of the molecule is CC(=O)C(O)C(O)[CH]O. The van der Waals surface area contributed by atoms with Crippen molar-refractivity contribution in [3.05, 3.63) is 6.61 Å². The predicted octanol–water partition coefficient (Wildman–Crippen LogP) is -1.17. The minimum atomic E-state index is -1.50. The topological polar surface area (TPSA) is 77.8 Å². The van der Waals surface area contributed by atoms with Crippen LogP contribution in [0.5, 0.6) is 0 Å². The zero-order valence-corrected chi connectivity index (χ0v) is 4.98. The third-order valence-electron chi connectivity index (χ3n) is 0.893. The fourth-order valence-corrected chi connectivity index (χ4v) is 0.322. The summed E-state index contributed by atoms with van der Waals surface area (Å²) in [6.45, 7) is 1.49. The van der Waals surface area contributed by atoms with Crippen molar-refractivity contribution in [3.63, 3.8) is 0 Å². The molecule has 9 heavy (non-hydrogen) atoms. The highest BCUT2D eigenvalue weighted by Gasteiger charge is 2.19. The Morgan fingerprint density at radius 3 is 2.11 bits per heavy atom. The van der Waals surface area contributed by atoms with Gasteiger partial charge in [-0.05, 0) is 6.92 Å².